The highest BCUT2D eigenvalue weighted by molar-refractivity contribution is 7.80. The summed E-state index contributed by atoms with van der Waals surface area (Å²) in [6.45, 7) is 0. The van der Waals surface area contributed by atoms with Gasteiger partial charge < -0.3 is 10.0 Å². The van der Waals surface area contributed by atoms with E-state index in [0.717, 1.165) is 0 Å². The van der Waals surface area contributed by atoms with Crippen LogP contribution in [0.2, 0.25) is 5.02 Å². The molecule has 23 heavy (non-hydrogen) atoms. The predicted octanol–water partition coefficient (Wildman–Crippen LogP) is 3.65. The Morgan fingerprint density at radius 2 is 1.78 bits per heavy atom. The molecule has 1 aliphatic rings. The molecule has 4 nitrogen and oxygen atoms in total. The maximum Gasteiger partial charge on any atom is 0.281 e. The number of carbonyl (C=O) groups is 1. The molecular formula is C17H13ClN2O2S. The van der Waals surface area contributed by atoms with Crippen LogP contribution in [0.3, 0.4) is 0 Å². The predicted molar refractivity (Wildman–Crippen MR) is 95.4 cm³/mol. The van der Waals surface area contributed by atoms with E-state index in [1.165, 1.54) is 4.90 Å². The molecule has 0 unspecified atom stereocenters. The van der Waals surface area contributed by atoms with Gasteiger partial charge in [0, 0.05) is 17.6 Å². The van der Waals surface area contributed by atoms with E-state index in [4.69, 9.17) is 23.8 Å². The number of hydrogen-bond acceptors (Lipinski definition) is 3. The zero-order valence-corrected chi connectivity index (χ0v) is 13.8. The van der Waals surface area contributed by atoms with Crippen molar-refractivity contribution in [2.75, 3.05) is 11.9 Å². The van der Waals surface area contributed by atoms with Crippen molar-refractivity contribution in [3.63, 3.8) is 0 Å². The molecule has 116 valence electrons. The molecule has 1 aliphatic heterocycles. The van der Waals surface area contributed by atoms with Gasteiger partial charge in [-0.15, -0.1) is 0 Å². The number of anilines is 1. The van der Waals surface area contributed by atoms with Crippen molar-refractivity contribution >= 4 is 46.6 Å². The van der Waals surface area contributed by atoms with Gasteiger partial charge in [0.15, 0.2) is 5.11 Å². The van der Waals surface area contributed by atoms with Gasteiger partial charge in [0.05, 0.1) is 5.69 Å². The maximum atomic E-state index is 12.7. The zero-order valence-electron chi connectivity index (χ0n) is 12.2. The molecular weight excluding hydrogens is 332 g/mol. The maximum absolute atomic E-state index is 12.7. The third kappa shape index (κ3) is 2.81. The van der Waals surface area contributed by atoms with E-state index in [-0.39, 0.29) is 11.7 Å². The molecule has 6 heteroatoms. The molecule has 1 N–H and O–H groups in total. The first-order chi connectivity index (χ1) is 11.0. The summed E-state index contributed by atoms with van der Waals surface area (Å²) in [5.74, 6) is -0.139. The average Bonchev–Trinajstić information content (AvgIpc) is 2.74. The second-order valence-corrected chi connectivity index (χ2v) is 5.85. The fourth-order valence-electron chi connectivity index (χ4n) is 2.33. The van der Waals surface area contributed by atoms with Gasteiger partial charge in [0.2, 0.25) is 0 Å². The normalized spacial score (nSPS) is 16.5. The lowest BCUT2D eigenvalue weighted by Crippen LogP contribution is -2.31. The largest absolute Gasteiger partial charge is 0.507 e. The van der Waals surface area contributed by atoms with Crippen molar-refractivity contribution in [1.82, 2.24) is 4.90 Å². The molecule has 3 rings (SSSR count). The molecule has 2 aromatic carbocycles. The summed E-state index contributed by atoms with van der Waals surface area (Å²) in [4.78, 5) is 15.8. The Labute approximate surface area is 144 Å². The Bertz CT molecular complexity index is 818. The molecule has 0 saturated carbocycles. The Kier molecular flexibility index (Phi) is 4.07. The van der Waals surface area contributed by atoms with Gasteiger partial charge in [0.1, 0.15) is 11.4 Å². The van der Waals surface area contributed by atoms with Crippen LogP contribution in [0.1, 0.15) is 5.56 Å². The molecule has 1 heterocycles. The van der Waals surface area contributed by atoms with Crippen LogP contribution >= 0.6 is 23.8 Å². The number of halogens is 1. The Balaban J connectivity index is 2.02. The number of likely N-dealkylation sites (N-methyl/N-ethyl adjacent to an activating group) is 1. The second-order valence-electron chi connectivity index (χ2n) is 5.05. The Hall–Kier alpha value is -2.37. The van der Waals surface area contributed by atoms with E-state index < -0.39 is 0 Å². The molecule has 2 aromatic rings. The van der Waals surface area contributed by atoms with Crippen LogP contribution in [0, 0.1) is 0 Å². The number of nitrogens with zero attached hydrogens (tertiary/aromatic N) is 2. The number of amides is 1. The highest BCUT2D eigenvalue weighted by Crippen LogP contribution is 2.30. The first-order valence-electron chi connectivity index (χ1n) is 6.86. The molecule has 0 radical (unpaired) electrons. The average molecular weight is 345 g/mol. The van der Waals surface area contributed by atoms with Gasteiger partial charge in [0.25, 0.3) is 5.91 Å². The fourth-order valence-corrected chi connectivity index (χ4v) is 2.74. The minimum atomic E-state index is -0.247. The molecule has 0 atom stereocenters. The van der Waals surface area contributed by atoms with Gasteiger partial charge >= 0.3 is 0 Å². The van der Waals surface area contributed by atoms with Crippen molar-refractivity contribution in [3.05, 3.63) is 64.8 Å². The summed E-state index contributed by atoms with van der Waals surface area (Å²) in [6, 6.07) is 13.7. The molecule has 0 aromatic heterocycles. The SMILES string of the molecule is CN1C(=S)N(c2ccc(Cl)cc2)C(=O)C1=Cc1ccccc1O. The van der Waals surface area contributed by atoms with E-state index >= 15 is 0 Å². The van der Waals surface area contributed by atoms with Crippen molar-refractivity contribution in [3.8, 4) is 5.75 Å². The summed E-state index contributed by atoms with van der Waals surface area (Å²) in [5, 5.41) is 10.8. The first-order valence-corrected chi connectivity index (χ1v) is 7.65. The summed E-state index contributed by atoms with van der Waals surface area (Å²) in [5.41, 5.74) is 1.60. The Morgan fingerprint density at radius 3 is 2.43 bits per heavy atom. The van der Waals surface area contributed by atoms with Crippen LogP contribution < -0.4 is 4.90 Å². The third-order valence-corrected chi connectivity index (χ3v) is 4.28. The topological polar surface area (TPSA) is 43.8 Å². The van der Waals surface area contributed by atoms with Crippen LogP contribution in [-0.4, -0.2) is 28.1 Å². The molecule has 1 amide bonds. The van der Waals surface area contributed by atoms with Crippen molar-refractivity contribution in [2.24, 2.45) is 0 Å². The molecule has 0 spiro atoms. The number of phenolic OH excluding ortho intramolecular Hbond substituents is 1. The summed E-state index contributed by atoms with van der Waals surface area (Å²) >= 11 is 11.3. The van der Waals surface area contributed by atoms with Crippen LogP contribution in [-0.2, 0) is 4.79 Å². The van der Waals surface area contributed by atoms with E-state index in [1.54, 1.807) is 66.6 Å². The van der Waals surface area contributed by atoms with Crippen molar-refractivity contribution < 1.29 is 9.90 Å². The van der Waals surface area contributed by atoms with Gasteiger partial charge in [-0.1, -0.05) is 29.8 Å². The molecule has 1 saturated heterocycles. The monoisotopic (exact) mass is 344 g/mol. The quantitative estimate of drug-likeness (QED) is 0.667. The lowest BCUT2D eigenvalue weighted by molar-refractivity contribution is -0.114. The number of para-hydroxylation sites is 1. The van der Waals surface area contributed by atoms with E-state index in [9.17, 15) is 9.90 Å². The van der Waals surface area contributed by atoms with Crippen LogP contribution in [0.25, 0.3) is 6.08 Å². The van der Waals surface area contributed by atoms with E-state index in [2.05, 4.69) is 0 Å². The van der Waals surface area contributed by atoms with E-state index in [1.807, 2.05) is 0 Å². The number of phenols is 1. The third-order valence-electron chi connectivity index (χ3n) is 3.58. The summed E-state index contributed by atoms with van der Waals surface area (Å²) in [7, 11) is 1.72. The number of thiocarbonyl (C=S) groups is 1. The lowest BCUT2D eigenvalue weighted by Gasteiger charge is -2.16. The number of hydrogen-bond donors (Lipinski definition) is 1. The number of aromatic hydroxyl groups is 1. The van der Waals surface area contributed by atoms with Crippen LogP contribution in [0.4, 0.5) is 5.69 Å². The molecule has 0 bridgehead atoms. The van der Waals surface area contributed by atoms with Gasteiger partial charge in [-0.05, 0) is 48.6 Å². The Morgan fingerprint density at radius 1 is 1.13 bits per heavy atom. The van der Waals surface area contributed by atoms with Crippen molar-refractivity contribution in [2.45, 2.75) is 0 Å². The van der Waals surface area contributed by atoms with Gasteiger partial charge in [-0.25, -0.2) is 0 Å². The van der Waals surface area contributed by atoms with Crippen molar-refractivity contribution in [1.29, 1.82) is 0 Å². The second kappa shape index (κ2) is 6.02. The number of rotatable bonds is 2. The fraction of sp³-hybridized carbons (Fsp3) is 0.0588. The smallest absolute Gasteiger partial charge is 0.281 e. The zero-order chi connectivity index (χ0) is 16.6. The van der Waals surface area contributed by atoms with Crippen LogP contribution in [0.15, 0.2) is 54.2 Å². The minimum absolute atomic E-state index is 0.108. The number of benzene rings is 2. The van der Waals surface area contributed by atoms with E-state index in [0.29, 0.717) is 27.1 Å². The van der Waals surface area contributed by atoms with Crippen LogP contribution in [0.5, 0.6) is 5.75 Å². The highest BCUT2D eigenvalue weighted by Gasteiger charge is 2.36. The van der Waals surface area contributed by atoms with Gasteiger partial charge in [-0.3, -0.25) is 9.69 Å². The molecule has 1 fully saturated rings. The summed E-state index contributed by atoms with van der Waals surface area (Å²) < 4.78 is 0. The minimum Gasteiger partial charge on any atom is -0.507 e. The molecule has 0 aliphatic carbocycles. The highest BCUT2D eigenvalue weighted by atomic mass is 35.5. The van der Waals surface area contributed by atoms with Gasteiger partial charge in [-0.2, -0.15) is 0 Å². The first kappa shape index (κ1) is 15.5. The summed E-state index contributed by atoms with van der Waals surface area (Å²) in [6.07, 6.45) is 1.62. The lowest BCUT2D eigenvalue weighted by atomic mass is 10.1. The number of carbonyl (C=O) groups excluding carboxylic acids is 1. The standard InChI is InChI=1S/C17H13ClN2O2S/c1-19-14(10-11-4-2-3-5-15(11)21)16(22)20(17(19)23)13-8-6-12(18)7-9-13/h2-10,21H,1H3.